The molecule has 4 fully saturated rings. The van der Waals surface area contributed by atoms with Crippen LogP contribution in [0.1, 0.15) is 59.2 Å². The highest BCUT2D eigenvalue weighted by molar-refractivity contribution is 5.96. The zero-order valence-electron chi connectivity index (χ0n) is 17.7. The molecule has 0 saturated heterocycles. The molecule has 2 atom stereocenters. The fourth-order valence-electron chi connectivity index (χ4n) is 6.86. The van der Waals surface area contributed by atoms with Gasteiger partial charge in [0, 0.05) is 40.8 Å². The average molecular weight is 432 g/mol. The van der Waals surface area contributed by atoms with Gasteiger partial charge >= 0.3 is 0 Å². The summed E-state index contributed by atoms with van der Waals surface area (Å²) in [5, 5.41) is 6.61. The van der Waals surface area contributed by atoms with Crippen molar-refractivity contribution in [2.45, 2.75) is 49.6 Å². The Hall–Kier alpha value is -3.22. The van der Waals surface area contributed by atoms with Gasteiger partial charge < -0.3 is 15.0 Å². The number of aromatic nitrogens is 2. The highest BCUT2D eigenvalue weighted by atomic mass is 19.1. The molecular formula is C25H25FN4O2. The molecule has 0 spiro atoms. The quantitative estimate of drug-likeness (QED) is 0.660. The number of nitrogens with zero attached hydrogens (tertiary/aromatic N) is 2. The van der Waals surface area contributed by atoms with Crippen molar-refractivity contribution in [3.8, 4) is 0 Å². The summed E-state index contributed by atoms with van der Waals surface area (Å²) in [7, 11) is 0. The molecule has 0 aliphatic heterocycles. The predicted molar refractivity (Wildman–Crippen MR) is 117 cm³/mol. The molecule has 2 unspecified atom stereocenters. The zero-order valence-corrected chi connectivity index (χ0v) is 17.7. The summed E-state index contributed by atoms with van der Waals surface area (Å²) in [6, 6.07) is 9.43. The number of amides is 2. The summed E-state index contributed by atoms with van der Waals surface area (Å²) in [6.45, 7) is 0. The molecule has 7 rings (SSSR count). The Morgan fingerprint density at radius 3 is 2.25 bits per heavy atom. The van der Waals surface area contributed by atoms with Gasteiger partial charge in [0.2, 0.25) is 0 Å². The van der Waals surface area contributed by atoms with Gasteiger partial charge in [0.1, 0.15) is 11.5 Å². The molecule has 2 aromatic heterocycles. The standard InChI is InChI=1S/C25H25FN4O2/c26-20-3-1-2-18(9-20)22(31)28-24-11-16-8-17(12-24)14-25(13-16,15-24)29-23(32)19-4-6-30-7-5-27-21(30)10-19/h1-7,9-10,16-17H,8,11-15H2,(H,28,31)(H,29,32). The second-order valence-electron chi connectivity index (χ2n) is 10.0. The molecule has 6 nitrogen and oxygen atoms in total. The largest absolute Gasteiger partial charge is 0.346 e. The van der Waals surface area contributed by atoms with Gasteiger partial charge in [-0.2, -0.15) is 0 Å². The molecule has 32 heavy (non-hydrogen) atoms. The third-order valence-electron chi connectivity index (χ3n) is 7.57. The molecule has 3 aromatic rings. The third-order valence-corrected chi connectivity index (χ3v) is 7.57. The molecule has 4 aliphatic rings. The van der Waals surface area contributed by atoms with Crippen LogP contribution < -0.4 is 10.6 Å². The lowest BCUT2D eigenvalue weighted by Gasteiger charge is -2.62. The van der Waals surface area contributed by atoms with E-state index in [9.17, 15) is 14.0 Å². The molecule has 7 heteroatoms. The number of fused-ring (bicyclic) bond motifs is 1. The zero-order chi connectivity index (χ0) is 21.9. The molecular weight excluding hydrogens is 407 g/mol. The van der Waals surface area contributed by atoms with Crippen molar-refractivity contribution in [1.29, 1.82) is 0 Å². The van der Waals surface area contributed by atoms with E-state index in [4.69, 9.17) is 0 Å². The molecule has 1 aromatic carbocycles. The van der Waals surface area contributed by atoms with E-state index >= 15 is 0 Å². The molecule has 2 amide bonds. The van der Waals surface area contributed by atoms with Crippen LogP contribution in [0.5, 0.6) is 0 Å². The lowest BCUT2D eigenvalue weighted by atomic mass is 9.49. The van der Waals surface area contributed by atoms with Gasteiger partial charge in [0.05, 0.1) is 0 Å². The first-order valence-corrected chi connectivity index (χ1v) is 11.2. The maximum Gasteiger partial charge on any atom is 0.251 e. The van der Waals surface area contributed by atoms with E-state index in [-0.39, 0.29) is 22.9 Å². The number of imidazole rings is 1. The Labute approximate surface area is 185 Å². The fraction of sp³-hybridized carbons (Fsp3) is 0.400. The molecule has 2 N–H and O–H groups in total. The van der Waals surface area contributed by atoms with Crippen molar-refractivity contribution in [1.82, 2.24) is 20.0 Å². The van der Waals surface area contributed by atoms with Crippen LogP contribution in [0, 0.1) is 17.7 Å². The van der Waals surface area contributed by atoms with Crippen LogP contribution in [0.4, 0.5) is 4.39 Å². The molecule has 4 saturated carbocycles. The summed E-state index contributed by atoms with van der Waals surface area (Å²) in [5.41, 5.74) is 0.997. The van der Waals surface area contributed by atoms with Gasteiger partial charge in [-0.15, -0.1) is 0 Å². The van der Waals surface area contributed by atoms with Crippen molar-refractivity contribution < 1.29 is 14.0 Å². The first kappa shape index (κ1) is 19.5. The lowest BCUT2D eigenvalue weighted by Crippen LogP contribution is -2.69. The third kappa shape index (κ3) is 3.27. The van der Waals surface area contributed by atoms with Gasteiger partial charge in [-0.3, -0.25) is 9.59 Å². The van der Waals surface area contributed by atoms with Crippen molar-refractivity contribution in [3.63, 3.8) is 0 Å². The van der Waals surface area contributed by atoms with E-state index in [1.807, 2.05) is 22.9 Å². The number of benzene rings is 1. The Bertz CT molecular complexity index is 1220. The highest BCUT2D eigenvalue weighted by Crippen LogP contribution is 2.57. The van der Waals surface area contributed by atoms with E-state index in [1.54, 1.807) is 24.4 Å². The van der Waals surface area contributed by atoms with Crippen LogP contribution in [0.2, 0.25) is 0 Å². The monoisotopic (exact) mass is 432 g/mol. The van der Waals surface area contributed by atoms with Crippen molar-refractivity contribution in [2.24, 2.45) is 11.8 Å². The molecule has 164 valence electrons. The minimum absolute atomic E-state index is 0.0935. The van der Waals surface area contributed by atoms with Gasteiger partial charge in [-0.25, -0.2) is 9.37 Å². The smallest absolute Gasteiger partial charge is 0.251 e. The minimum atomic E-state index is -0.415. The molecule has 4 aliphatic carbocycles. The van der Waals surface area contributed by atoms with Crippen LogP contribution in [0.15, 0.2) is 55.0 Å². The summed E-state index contributed by atoms with van der Waals surface area (Å²) in [5.74, 6) is 0.196. The summed E-state index contributed by atoms with van der Waals surface area (Å²) < 4.78 is 15.5. The number of rotatable bonds is 4. The number of pyridine rings is 1. The number of carbonyl (C=O) groups is 2. The molecule has 4 bridgehead atoms. The second-order valence-corrected chi connectivity index (χ2v) is 10.0. The summed E-state index contributed by atoms with van der Waals surface area (Å²) >= 11 is 0. The Morgan fingerprint density at radius 1 is 0.938 bits per heavy atom. The van der Waals surface area contributed by atoms with Crippen LogP contribution in [0.25, 0.3) is 5.65 Å². The number of carbonyl (C=O) groups excluding carboxylic acids is 2. The van der Waals surface area contributed by atoms with Crippen LogP contribution in [0.3, 0.4) is 0 Å². The van der Waals surface area contributed by atoms with Crippen molar-refractivity contribution >= 4 is 17.5 Å². The lowest BCUT2D eigenvalue weighted by molar-refractivity contribution is -0.0448. The Kier molecular flexibility index (Phi) is 4.19. The van der Waals surface area contributed by atoms with Gasteiger partial charge in [0.15, 0.2) is 0 Å². The summed E-state index contributed by atoms with van der Waals surface area (Å²) in [4.78, 5) is 30.4. The van der Waals surface area contributed by atoms with E-state index < -0.39 is 5.82 Å². The fourth-order valence-corrected chi connectivity index (χ4v) is 6.86. The second kappa shape index (κ2) is 6.89. The average Bonchev–Trinajstić information content (AvgIpc) is 3.20. The molecule has 2 heterocycles. The topological polar surface area (TPSA) is 75.5 Å². The maximum atomic E-state index is 13.6. The van der Waals surface area contributed by atoms with E-state index in [1.165, 1.54) is 12.1 Å². The highest BCUT2D eigenvalue weighted by Gasteiger charge is 2.58. The first-order valence-electron chi connectivity index (χ1n) is 11.2. The summed E-state index contributed by atoms with van der Waals surface area (Å²) in [6.07, 6.45) is 11.0. The number of nitrogens with one attached hydrogen (secondary N) is 2. The van der Waals surface area contributed by atoms with E-state index in [0.717, 1.165) is 37.8 Å². The minimum Gasteiger partial charge on any atom is -0.346 e. The van der Waals surface area contributed by atoms with Crippen LogP contribution >= 0.6 is 0 Å². The normalized spacial score (nSPS) is 30.4. The molecule has 0 radical (unpaired) electrons. The predicted octanol–water partition coefficient (Wildman–Crippen LogP) is 3.72. The number of hydrogen-bond acceptors (Lipinski definition) is 3. The Morgan fingerprint density at radius 2 is 1.59 bits per heavy atom. The van der Waals surface area contributed by atoms with Gasteiger partial charge in [-0.1, -0.05) is 6.07 Å². The van der Waals surface area contributed by atoms with Crippen molar-refractivity contribution in [3.05, 3.63) is 71.9 Å². The maximum absolute atomic E-state index is 13.6. The van der Waals surface area contributed by atoms with Crippen LogP contribution in [-0.2, 0) is 0 Å². The Balaban J connectivity index is 1.25. The first-order chi connectivity index (χ1) is 15.4. The van der Waals surface area contributed by atoms with E-state index in [0.29, 0.717) is 29.4 Å². The number of hydrogen-bond donors (Lipinski definition) is 2. The number of halogens is 1. The van der Waals surface area contributed by atoms with Crippen LogP contribution in [-0.4, -0.2) is 32.3 Å². The van der Waals surface area contributed by atoms with Gasteiger partial charge in [0.25, 0.3) is 11.8 Å². The van der Waals surface area contributed by atoms with Crippen molar-refractivity contribution in [2.75, 3.05) is 0 Å². The SMILES string of the molecule is O=C(NC12CC3CC(C1)CC(NC(=O)c1ccn4ccnc4c1)(C3)C2)c1cccc(F)c1. The van der Waals surface area contributed by atoms with Gasteiger partial charge in [-0.05, 0) is 80.7 Å². The van der Waals surface area contributed by atoms with E-state index in [2.05, 4.69) is 15.6 Å².